The molecule has 0 aliphatic heterocycles. The normalized spacial score (nSPS) is 9.93. The Morgan fingerprint density at radius 2 is 2.21 bits per heavy atom. The van der Waals surface area contributed by atoms with Crippen LogP contribution in [0.1, 0.15) is 17.5 Å². The van der Waals surface area contributed by atoms with Crippen molar-refractivity contribution in [2.24, 2.45) is 0 Å². The highest BCUT2D eigenvalue weighted by Gasteiger charge is 2.02. The summed E-state index contributed by atoms with van der Waals surface area (Å²) in [5, 5.41) is 0. The first kappa shape index (κ1) is 11.2. The lowest BCUT2D eigenvalue weighted by Gasteiger charge is -2.03. The molecule has 0 saturated heterocycles. The number of esters is 1. The molecule has 0 amide bonds. The van der Waals surface area contributed by atoms with Gasteiger partial charge in [0, 0.05) is 10.9 Å². The number of rotatable bonds is 3. The average molecular weight is 257 g/mol. The van der Waals surface area contributed by atoms with E-state index in [4.69, 9.17) is 0 Å². The van der Waals surface area contributed by atoms with Crippen LogP contribution >= 0.6 is 15.9 Å². The minimum Gasteiger partial charge on any atom is -0.469 e. The Hall–Kier alpha value is -0.830. The number of carbonyl (C=O) groups excluding carboxylic acids is 1. The van der Waals surface area contributed by atoms with Gasteiger partial charge in [-0.2, -0.15) is 0 Å². The molecule has 1 rings (SSSR count). The predicted molar refractivity (Wildman–Crippen MR) is 59.2 cm³/mol. The van der Waals surface area contributed by atoms with E-state index in [0.29, 0.717) is 6.42 Å². The molecule has 0 aliphatic carbocycles. The highest BCUT2D eigenvalue weighted by atomic mass is 79.9. The fourth-order valence-electron chi connectivity index (χ4n) is 1.21. The molecular formula is C11H13BrO2. The van der Waals surface area contributed by atoms with E-state index in [1.165, 1.54) is 12.7 Å². The van der Waals surface area contributed by atoms with E-state index < -0.39 is 0 Å². The Labute approximate surface area is 92.4 Å². The zero-order chi connectivity index (χ0) is 10.6. The summed E-state index contributed by atoms with van der Waals surface area (Å²) < 4.78 is 5.67. The summed E-state index contributed by atoms with van der Waals surface area (Å²) in [7, 11) is 1.41. The van der Waals surface area contributed by atoms with E-state index in [1.807, 2.05) is 19.1 Å². The van der Waals surface area contributed by atoms with Gasteiger partial charge in [-0.3, -0.25) is 4.79 Å². The summed E-state index contributed by atoms with van der Waals surface area (Å²) in [4.78, 5) is 10.9. The second kappa shape index (κ2) is 5.15. The quantitative estimate of drug-likeness (QED) is 0.778. The van der Waals surface area contributed by atoms with Crippen LogP contribution in [-0.2, 0) is 16.0 Å². The van der Waals surface area contributed by atoms with Crippen molar-refractivity contribution < 1.29 is 9.53 Å². The monoisotopic (exact) mass is 256 g/mol. The zero-order valence-electron chi connectivity index (χ0n) is 8.34. The number of halogens is 1. The van der Waals surface area contributed by atoms with Crippen LogP contribution < -0.4 is 0 Å². The van der Waals surface area contributed by atoms with Crippen LogP contribution in [0.25, 0.3) is 0 Å². The van der Waals surface area contributed by atoms with Gasteiger partial charge in [0.15, 0.2) is 0 Å². The van der Waals surface area contributed by atoms with Crippen LogP contribution in [0.15, 0.2) is 22.7 Å². The summed E-state index contributed by atoms with van der Waals surface area (Å²) in [6, 6.07) is 6.09. The van der Waals surface area contributed by atoms with E-state index in [9.17, 15) is 4.79 Å². The molecule has 14 heavy (non-hydrogen) atoms. The maximum atomic E-state index is 10.9. The molecule has 0 radical (unpaired) electrons. The minimum atomic E-state index is -0.162. The summed E-state index contributed by atoms with van der Waals surface area (Å²) >= 11 is 3.43. The second-order valence-electron chi connectivity index (χ2n) is 3.16. The van der Waals surface area contributed by atoms with Crippen molar-refractivity contribution in [2.45, 2.75) is 19.8 Å². The van der Waals surface area contributed by atoms with Crippen molar-refractivity contribution in [3.63, 3.8) is 0 Å². The Bertz CT molecular complexity index is 334. The summed E-state index contributed by atoms with van der Waals surface area (Å²) in [6.07, 6.45) is 1.18. The average Bonchev–Trinajstić information content (AvgIpc) is 2.19. The maximum absolute atomic E-state index is 10.9. The van der Waals surface area contributed by atoms with Crippen LogP contribution in [0.3, 0.4) is 0 Å². The predicted octanol–water partition coefficient (Wildman–Crippen LogP) is 2.86. The fourth-order valence-corrected chi connectivity index (χ4v) is 1.46. The lowest BCUT2D eigenvalue weighted by molar-refractivity contribution is -0.140. The van der Waals surface area contributed by atoms with Gasteiger partial charge in [0.2, 0.25) is 0 Å². The van der Waals surface area contributed by atoms with Crippen molar-refractivity contribution in [2.75, 3.05) is 7.11 Å². The topological polar surface area (TPSA) is 26.3 Å². The molecule has 3 heteroatoms. The van der Waals surface area contributed by atoms with E-state index in [2.05, 4.69) is 26.7 Å². The molecule has 0 fully saturated rings. The number of carbonyl (C=O) groups is 1. The smallest absolute Gasteiger partial charge is 0.305 e. The molecule has 0 N–H and O–H groups in total. The SMILES string of the molecule is COC(=O)CCc1ccc(Br)c(C)c1. The first-order valence-electron chi connectivity index (χ1n) is 4.45. The molecule has 0 heterocycles. The van der Waals surface area contributed by atoms with Crippen LogP contribution in [0.5, 0.6) is 0 Å². The molecule has 0 aromatic heterocycles. The molecule has 0 bridgehead atoms. The molecular weight excluding hydrogens is 244 g/mol. The molecule has 0 unspecified atom stereocenters. The van der Waals surface area contributed by atoms with Crippen LogP contribution in [0.2, 0.25) is 0 Å². The number of benzene rings is 1. The summed E-state index contributed by atoms with van der Waals surface area (Å²) in [5.74, 6) is -0.162. The van der Waals surface area contributed by atoms with Gasteiger partial charge >= 0.3 is 5.97 Å². The lowest BCUT2D eigenvalue weighted by Crippen LogP contribution is -2.01. The van der Waals surface area contributed by atoms with Gasteiger partial charge in [0.05, 0.1) is 7.11 Å². The second-order valence-corrected chi connectivity index (χ2v) is 4.01. The van der Waals surface area contributed by atoms with Gasteiger partial charge < -0.3 is 4.74 Å². The van der Waals surface area contributed by atoms with Crippen LogP contribution in [0.4, 0.5) is 0 Å². The van der Waals surface area contributed by atoms with E-state index in [1.54, 1.807) is 0 Å². The van der Waals surface area contributed by atoms with E-state index in [0.717, 1.165) is 16.5 Å². The first-order valence-corrected chi connectivity index (χ1v) is 5.24. The zero-order valence-corrected chi connectivity index (χ0v) is 9.93. The van der Waals surface area contributed by atoms with Crippen molar-refractivity contribution in [1.82, 2.24) is 0 Å². The highest BCUT2D eigenvalue weighted by molar-refractivity contribution is 9.10. The Kier molecular flexibility index (Phi) is 4.14. The first-order chi connectivity index (χ1) is 6.63. The van der Waals surface area contributed by atoms with Gasteiger partial charge in [-0.25, -0.2) is 0 Å². The third kappa shape index (κ3) is 3.14. The fraction of sp³-hybridized carbons (Fsp3) is 0.364. The number of ether oxygens (including phenoxy) is 1. The largest absolute Gasteiger partial charge is 0.469 e. The molecule has 1 aromatic rings. The number of methoxy groups -OCH3 is 1. The lowest BCUT2D eigenvalue weighted by atomic mass is 10.1. The number of hydrogen-bond acceptors (Lipinski definition) is 2. The van der Waals surface area contributed by atoms with Crippen molar-refractivity contribution >= 4 is 21.9 Å². The number of hydrogen-bond donors (Lipinski definition) is 0. The molecule has 76 valence electrons. The molecule has 1 aromatic carbocycles. The minimum absolute atomic E-state index is 0.162. The van der Waals surface area contributed by atoms with Gasteiger partial charge in [-0.15, -0.1) is 0 Å². The van der Waals surface area contributed by atoms with Crippen molar-refractivity contribution in [1.29, 1.82) is 0 Å². The van der Waals surface area contributed by atoms with Crippen LogP contribution in [-0.4, -0.2) is 13.1 Å². The number of aryl methyl sites for hydroxylation is 2. The Morgan fingerprint density at radius 3 is 2.79 bits per heavy atom. The highest BCUT2D eigenvalue weighted by Crippen LogP contribution is 2.17. The standard InChI is InChI=1S/C11H13BrO2/c1-8-7-9(3-5-10(8)12)4-6-11(13)14-2/h3,5,7H,4,6H2,1-2H3. The third-order valence-electron chi connectivity index (χ3n) is 2.07. The van der Waals surface area contributed by atoms with E-state index >= 15 is 0 Å². The Balaban J connectivity index is 2.60. The summed E-state index contributed by atoms with van der Waals surface area (Å²) in [5.41, 5.74) is 2.35. The van der Waals surface area contributed by atoms with Crippen molar-refractivity contribution in [3.8, 4) is 0 Å². The summed E-state index contributed by atoms with van der Waals surface area (Å²) in [6.45, 7) is 2.03. The third-order valence-corrected chi connectivity index (χ3v) is 2.96. The van der Waals surface area contributed by atoms with Crippen LogP contribution in [0, 0.1) is 6.92 Å². The van der Waals surface area contributed by atoms with Gasteiger partial charge in [0.1, 0.15) is 0 Å². The van der Waals surface area contributed by atoms with Gasteiger partial charge in [-0.05, 0) is 30.5 Å². The molecule has 2 nitrogen and oxygen atoms in total. The molecule has 0 atom stereocenters. The van der Waals surface area contributed by atoms with Gasteiger partial charge in [-0.1, -0.05) is 28.1 Å². The molecule has 0 saturated carbocycles. The molecule has 0 aliphatic rings. The maximum Gasteiger partial charge on any atom is 0.305 e. The van der Waals surface area contributed by atoms with Crippen molar-refractivity contribution in [3.05, 3.63) is 33.8 Å². The Morgan fingerprint density at radius 1 is 1.50 bits per heavy atom. The van der Waals surface area contributed by atoms with Gasteiger partial charge in [0.25, 0.3) is 0 Å². The molecule has 0 spiro atoms. The van der Waals surface area contributed by atoms with E-state index in [-0.39, 0.29) is 5.97 Å².